The number of hydrogen-bond acceptors (Lipinski definition) is 4. The van der Waals surface area contributed by atoms with E-state index in [0.717, 1.165) is 19.5 Å². The molecule has 6 heteroatoms. The van der Waals surface area contributed by atoms with Crippen molar-refractivity contribution in [3.05, 3.63) is 11.4 Å². The second-order valence-electron chi connectivity index (χ2n) is 6.98. The summed E-state index contributed by atoms with van der Waals surface area (Å²) in [6.45, 7) is 7.88. The van der Waals surface area contributed by atoms with E-state index in [0.29, 0.717) is 11.7 Å². The maximum Gasteiger partial charge on any atom is 0.358 e. The van der Waals surface area contributed by atoms with Crippen molar-refractivity contribution in [2.24, 2.45) is 0 Å². The summed E-state index contributed by atoms with van der Waals surface area (Å²) in [6.07, 6.45) is 4.75. The fraction of sp³-hybridized carbons (Fsp3) is 0.800. The number of nitrogens with zero attached hydrogens (tertiary/aromatic N) is 4. The maximum atomic E-state index is 11.3. The fourth-order valence-corrected chi connectivity index (χ4v) is 3.14. The van der Waals surface area contributed by atoms with Crippen molar-refractivity contribution < 1.29 is 9.90 Å². The third-order valence-electron chi connectivity index (χ3n) is 4.24. The summed E-state index contributed by atoms with van der Waals surface area (Å²) < 4.78 is 1.78. The molecule has 6 nitrogen and oxygen atoms in total. The van der Waals surface area contributed by atoms with Crippen LogP contribution >= 0.6 is 0 Å². The molecule has 1 N–H and O–H groups in total. The summed E-state index contributed by atoms with van der Waals surface area (Å²) in [6, 6.07) is 0.559. The summed E-state index contributed by atoms with van der Waals surface area (Å²) in [5, 5.41) is 17.2. The monoisotopic (exact) mass is 294 g/mol. The molecule has 0 amide bonds. The van der Waals surface area contributed by atoms with Gasteiger partial charge in [0.05, 0.1) is 5.69 Å². The molecule has 1 atom stereocenters. The quantitative estimate of drug-likeness (QED) is 0.921. The first-order chi connectivity index (χ1) is 9.80. The van der Waals surface area contributed by atoms with Gasteiger partial charge in [0.1, 0.15) is 0 Å². The maximum absolute atomic E-state index is 11.3. The van der Waals surface area contributed by atoms with Crippen LogP contribution in [-0.4, -0.2) is 50.6 Å². The molecule has 0 bridgehead atoms. The first kappa shape index (κ1) is 15.9. The lowest BCUT2D eigenvalue weighted by Gasteiger charge is -2.32. The largest absolute Gasteiger partial charge is 0.476 e. The molecule has 1 aliphatic heterocycles. The minimum absolute atomic E-state index is 0.0829. The highest BCUT2D eigenvalue weighted by Crippen LogP contribution is 2.26. The van der Waals surface area contributed by atoms with E-state index in [9.17, 15) is 9.90 Å². The molecule has 21 heavy (non-hydrogen) atoms. The van der Waals surface area contributed by atoms with Gasteiger partial charge in [-0.2, -0.15) is 0 Å². The Labute approximate surface area is 126 Å². The van der Waals surface area contributed by atoms with E-state index in [1.54, 1.807) is 4.68 Å². The SMILES string of the molecule is CN1CCCCC1CCn1nnc(C(=O)O)c1C(C)(C)C. The summed E-state index contributed by atoms with van der Waals surface area (Å²) in [4.78, 5) is 13.7. The van der Waals surface area contributed by atoms with Gasteiger partial charge >= 0.3 is 5.97 Å². The third-order valence-corrected chi connectivity index (χ3v) is 4.24. The van der Waals surface area contributed by atoms with Crippen LogP contribution in [0.15, 0.2) is 0 Å². The topological polar surface area (TPSA) is 71.2 Å². The molecule has 118 valence electrons. The van der Waals surface area contributed by atoms with Crippen molar-refractivity contribution in [3.8, 4) is 0 Å². The average Bonchev–Trinajstić information content (AvgIpc) is 2.82. The Bertz CT molecular complexity index is 504. The fourth-order valence-electron chi connectivity index (χ4n) is 3.14. The van der Waals surface area contributed by atoms with Gasteiger partial charge in [0.2, 0.25) is 0 Å². The number of aryl methyl sites for hydroxylation is 1. The Morgan fingerprint density at radius 1 is 1.38 bits per heavy atom. The Morgan fingerprint density at radius 3 is 2.67 bits per heavy atom. The predicted molar refractivity (Wildman–Crippen MR) is 80.6 cm³/mol. The van der Waals surface area contributed by atoms with E-state index in [1.165, 1.54) is 19.3 Å². The molecule has 0 aromatic carbocycles. The molecule has 1 aromatic rings. The highest BCUT2D eigenvalue weighted by Gasteiger charge is 2.29. The minimum Gasteiger partial charge on any atom is -0.476 e. The molecular weight excluding hydrogens is 268 g/mol. The van der Waals surface area contributed by atoms with Crippen molar-refractivity contribution in [3.63, 3.8) is 0 Å². The lowest BCUT2D eigenvalue weighted by Crippen LogP contribution is -2.37. The van der Waals surface area contributed by atoms with Crippen molar-refractivity contribution in [2.45, 2.75) is 64.5 Å². The van der Waals surface area contributed by atoms with Crippen molar-refractivity contribution >= 4 is 5.97 Å². The number of carboxylic acid groups (broad SMARTS) is 1. The van der Waals surface area contributed by atoms with Crippen LogP contribution < -0.4 is 0 Å². The number of likely N-dealkylation sites (tertiary alicyclic amines) is 1. The van der Waals surface area contributed by atoms with Crippen LogP contribution in [-0.2, 0) is 12.0 Å². The van der Waals surface area contributed by atoms with E-state index < -0.39 is 5.97 Å². The second-order valence-corrected chi connectivity index (χ2v) is 6.98. The molecule has 1 unspecified atom stereocenters. The number of rotatable bonds is 4. The van der Waals surface area contributed by atoms with Gasteiger partial charge in [-0.05, 0) is 32.9 Å². The van der Waals surface area contributed by atoms with Gasteiger partial charge in [-0.1, -0.05) is 32.4 Å². The van der Waals surface area contributed by atoms with Crippen molar-refractivity contribution in [2.75, 3.05) is 13.6 Å². The molecule has 0 saturated carbocycles. The van der Waals surface area contributed by atoms with E-state index in [1.807, 2.05) is 20.8 Å². The molecule has 0 radical (unpaired) electrons. The Kier molecular flexibility index (Phi) is 4.66. The lowest BCUT2D eigenvalue weighted by atomic mass is 9.90. The first-order valence-electron chi connectivity index (χ1n) is 7.68. The molecule has 1 aliphatic rings. The van der Waals surface area contributed by atoms with Crippen LogP contribution in [0.1, 0.15) is 62.6 Å². The van der Waals surface area contributed by atoms with Gasteiger partial charge in [-0.3, -0.25) is 0 Å². The lowest BCUT2D eigenvalue weighted by molar-refractivity contribution is 0.0687. The standard InChI is InChI=1S/C15H26N4O2/c1-15(2,3)13-12(14(20)21)16-17-19(13)10-8-11-7-5-6-9-18(11)4/h11H,5-10H2,1-4H3,(H,20,21). The van der Waals surface area contributed by atoms with Crippen LogP contribution in [0.4, 0.5) is 0 Å². The van der Waals surface area contributed by atoms with Crippen LogP contribution in [0.3, 0.4) is 0 Å². The predicted octanol–water partition coefficient (Wildman–Crippen LogP) is 2.15. The molecule has 2 heterocycles. The number of aromatic nitrogens is 3. The first-order valence-corrected chi connectivity index (χ1v) is 7.68. The highest BCUT2D eigenvalue weighted by atomic mass is 16.4. The van der Waals surface area contributed by atoms with Crippen LogP contribution in [0.2, 0.25) is 0 Å². The highest BCUT2D eigenvalue weighted by molar-refractivity contribution is 5.86. The van der Waals surface area contributed by atoms with Crippen molar-refractivity contribution in [1.29, 1.82) is 0 Å². The normalized spacial score (nSPS) is 20.7. The molecule has 1 aromatic heterocycles. The number of carbonyl (C=O) groups is 1. The molecule has 0 aliphatic carbocycles. The van der Waals surface area contributed by atoms with Gasteiger partial charge in [0, 0.05) is 18.0 Å². The van der Waals surface area contributed by atoms with E-state index in [2.05, 4.69) is 22.3 Å². The van der Waals surface area contributed by atoms with Gasteiger partial charge in [0.25, 0.3) is 0 Å². The van der Waals surface area contributed by atoms with Crippen LogP contribution in [0.25, 0.3) is 0 Å². The van der Waals surface area contributed by atoms with Crippen LogP contribution in [0.5, 0.6) is 0 Å². The third kappa shape index (κ3) is 3.61. The minimum atomic E-state index is -0.999. The van der Waals surface area contributed by atoms with Gasteiger partial charge in [-0.15, -0.1) is 5.10 Å². The Hall–Kier alpha value is -1.43. The smallest absolute Gasteiger partial charge is 0.358 e. The summed E-state index contributed by atoms with van der Waals surface area (Å²) >= 11 is 0. The van der Waals surface area contributed by atoms with Crippen LogP contribution in [0, 0.1) is 0 Å². The van der Waals surface area contributed by atoms with E-state index in [-0.39, 0.29) is 11.1 Å². The summed E-state index contributed by atoms with van der Waals surface area (Å²) in [5.74, 6) is -0.999. The average molecular weight is 294 g/mol. The van der Waals surface area contributed by atoms with Gasteiger partial charge in [-0.25, -0.2) is 9.48 Å². The van der Waals surface area contributed by atoms with E-state index >= 15 is 0 Å². The molecular formula is C15H26N4O2. The Balaban J connectivity index is 2.15. The zero-order chi connectivity index (χ0) is 15.6. The molecule has 1 fully saturated rings. The summed E-state index contributed by atoms with van der Waals surface area (Å²) in [5.41, 5.74) is 0.517. The number of hydrogen-bond donors (Lipinski definition) is 1. The summed E-state index contributed by atoms with van der Waals surface area (Å²) in [7, 11) is 2.17. The van der Waals surface area contributed by atoms with Gasteiger partial charge in [0.15, 0.2) is 5.69 Å². The van der Waals surface area contributed by atoms with Crippen molar-refractivity contribution in [1.82, 2.24) is 19.9 Å². The molecule has 1 saturated heterocycles. The number of piperidine rings is 1. The molecule has 2 rings (SSSR count). The van der Waals surface area contributed by atoms with E-state index in [4.69, 9.17) is 0 Å². The molecule has 0 spiro atoms. The Morgan fingerprint density at radius 2 is 2.10 bits per heavy atom. The zero-order valence-corrected chi connectivity index (χ0v) is 13.5. The number of carboxylic acids is 1. The number of aromatic carboxylic acids is 1. The van der Waals surface area contributed by atoms with Gasteiger partial charge < -0.3 is 10.0 Å². The second kappa shape index (κ2) is 6.13. The zero-order valence-electron chi connectivity index (χ0n) is 13.5.